The summed E-state index contributed by atoms with van der Waals surface area (Å²) in [7, 11) is 0. The van der Waals surface area contributed by atoms with Crippen LogP contribution in [0.4, 0.5) is 5.13 Å². The molecule has 3 aromatic rings. The van der Waals surface area contributed by atoms with Gasteiger partial charge in [0, 0.05) is 30.5 Å². The monoisotopic (exact) mass is 456 g/mol. The van der Waals surface area contributed by atoms with E-state index in [1.165, 1.54) is 17.1 Å². The molecule has 1 aliphatic heterocycles. The van der Waals surface area contributed by atoms with E-state index in [-0.39, 0.29) is 19.4 Å². The molecule has 0 fully saturated rings. The molecular weight excluding hydrogens is 432 g/mol. The van der Waals surface area contributed by atoms with Gasteiger partial charge < -0.3 is 24.8 Å². The highest BCUT2D eigenvalue weighted by molar-refractivity contribution is 7.09. The quantitative estimate of drug-likeness (QED) is 0.395. The van der Waals surface area contributed by atoms with E-state index in [0.717, 1.165) is 12.2 Å². The number of anilines is 1. The fourth-order valence-electron chi connectivity index (χ4n) is 3.33. The molecule has 10 nitrogen and oxygen atoms in total. The van der Waals surface area contributed by atoms with Crippen LogP contribution < -0.4 is 10.2 Å². The highest BCUT2D eigenvalue weighted by Gasteiger charge is 2.21. The molecule has 0 bridgehead atoms. The maximum atomic E-state index is 11.4. The summed E-state index contributed by atoms with van der Waals surface area (Å²) >= 11 is 1.17. The minimum Gasteiger partial charge on any atom is -0.480 e. The minimum absolute atomic E-state index is 0.0257. The van der Waals surface area contributed by atoms with E-state index in [2.05, 4.69) is 31.8 Å². The number of imidazole rings is 1. The number of nitrogens with zero attached hydrogens (tertiary/aromatic N) is 5. The van der Waals surface area contributed by atoms with Crippen LogP contribution in [0.25, 0.3) is 5.95 Å². The van der Waals surface area contributed by atoms with Gasteiger partial charge in [-0.3, -0.25) is 9.36 Å². The standard InChI is InChI=1S/C21H24N6O4S/c28-19(29)12-26(21-24-20(25-32-21)27-10-8-22-14-27)9-4-7-23-17(18-13-30-15-31-18)11-16-5-2-1-3-6-16/h1-3,5-6,8,10,13-14,17,23H,4,7,9,11-12,15H2,(H,28,29). The van der Waals surface area contributed by atoms with Crippen LogP contribution >= 0.6 is 11.5 Å². The number of carboxylic acids is 1. The predicted octanol–water partition coefficient (Wildman–Crippen LogP) is 2.05. The lowest BCUT2D eigenvalue weighted by Gasteiger charge is -2.21. The number of nitrogens with one attached hydrogen (secondary N) is 1. The molecule has 1 aromatic carbocycles. The molecule has 0 aliphatic carbocycles. The van der Waals surface area contributed by atoms with Crippen molar-refractivity contribution in [1.82, 2.24) is 24.2 Å². The predicted molar refractivity (Wildman–Crippen MR) is 119 cm³/mol. The first-order chi connectivity index (χ1) is 15.7. The summed E-state index contributed by atoms with van der Waals surface area (Å²) in [6.07, 6.45) is 8.12. The number of aliphatic carboxylic acids is 1. The normalized spacial score (nSPS) is 13.8. The number of carbonyl (C=O) groups is 1. The third-order valence-electron chi connectivity index (χ3n) is 4.85. The Balaban J connectivity index is 1.35. The number of carboxylic acid groups (broad SMARTS) is 1. The van der Waals surface area contributed by atoms with Gasteiger partial charge in [0.2, 0.25) is 17.9 Å². The van der Waals surface area contributed by atoms with Crippen LogP contribution in [-0.2, 0) is 20.7 Å². The summed E-state index contributed by atoms with van der Waals surface area (Å²) in [5, 5.41) is 13.4. The molecule has 0 amide bonds. The number of ether oxygens (including phenoxy) is 2. The molecule has 4 rings (SSSR count). The van der Waals surface area contributed by atoms with Crippen molar-refractivity contribution >= 4 is 22.6 Å². The fourth-order valence-corrected chi connectivity index (χ4v) is 4.02. The minimum atomic E-state index is -0.916. The van der Waals surface area contributed by atoms with Gasteiger partial charge in [0.1, 0.15) is 19.1 Å². The van der Waals surface area contributed by atoms with Crippen molar-refractivity contribution in [2.45, 2.75) is 18.9 Å². The van der Waals surface area contributed by atoms with E-state index >= 15 is 0 Å². The summed E-state index contributed by atoms with van der Waals surface area (Å²) in [6.45, 7) is 1.27. The third kappa shape index (κ3) is 5.83. The van der Waals surface area contributed by atoms with E-state index in [0.29, 0.717) is 30.6 Å². The molecule has 0 saturated carbocycles. The zero-order valence-electron chi connectivity index (χ0n) is 17.3. The maximum Gasteiger partial charge on any atom is 0.323 e. The van der Waals surface area contributed by atoms with Crippen molar-refractivity contribution in [2.24, 2.45) is 0 Å². The van der Waals surface area contributed by atoms with E-state index < -0.39 is 5.97 Å². The second-order valence-corrected chi connectivity index (χ2v) is 7.89. The summed E-state index contributed by atoms with van der Waals surface area (Å²) < 4.78 is 16.8. The summed E-state index contributed by atoms with van der Waals surface area (Å²) in [5.41, 5.74) is 1.19. The van der Waals surface area contributed by atoms with Gasteiger partial charge in [-0.15, -0.1) is 0 Å². The van der Waals surface area contributed by atoms with Gasteiger partial charge in [-0.2, -0.15) is 9.36 Å². The van der Waals surface area contributed by atoms with Crippen molar-refractivity contribution in [3.05, 3.63) is 66.6 Å². The molecule has 3 heterocycles. The van der Waals surface area contributed by atoms with Gasteiger partial charge in [0.15, 0.2) is 5.76 Å². The van der Waals surface area contributed by atoms with Gasteiger partial charge >= 0.3 is 5.97 Å². The van der Waals surface area contributed by atoms with Crippen molar-refractivity contribution in [3.8, 4) is 5.95 Å². The highest BCUT2D eigenvalue weighted by Crippen LogP contribution is 2.20. The van der Waals surface area contributed by atoms with Gasteiger partial charge in [0.05, 0.1) is 6.04 Å². The lowest BCUT2D eigenvalue weighted by molar-refractivity contribution is -0.135. The summed E-state index contributed by atoms with van der Waals surface area (Å²) in [5.74, 6) is 0.329. The second-order valence-electron chi connectivity index (χ2n) is 7.16. The summed E-state index contributed by atoms with van der Waals surface area (Å²) in [6, 6.07) is 10.1. The molecular formula is C21H24N6O4S. The van der Waals surface area contributed by atoms with Crippen molar-refractivity contribution in [2.75, 3.05) is 31.3 Å². The zero-order valence-corrected chi connectivity index (χ0v) is 18.1. The lowest BCUT2D eigenvalue weighted by atomic mass is 10.0. The molecule has 2 N–H and O–H groups in total. The number of aromatic nitrogens is 4. The molecule has 2 aromatic heterocycles. The topological polar surface area (TPSA) is 115 Å². The SMILES string of the molecule is O=C(O)CN(CCCNC(Cc1ccccc1)C1=COCO1)c1nc(-n2ccnc2)ns1. The Bertz CT molecular complexity index is 1020. The van der Waals surface area contributed by atoms with Gasteiger partial charge in [-0.1, -0.05) is 30.3 Å². The van der Waals surface area contributed by atoms with Crippen LogP contribution in [-0.4, -0.2) is 62.5 Å². The first-order valence-electron chi connectivity index (χ1n) is 10.2. The van der Waals surface area contributed by atoms with Crippen LogP contribution in [0.15, 0.2) is 61.1 Å². The number of benzene rings is 1. The van der Waals surface area contributed by atoms with Crippen LogP contribution in [0, 0.1) is 0 Å². The largest absolute Gasteiger partial charge is 0.480 e. The number of hydrogen-bond donors (Lipinski definition) is 2. The second kappa shape index (κ2) is 10.7. The Hall–Kier alpha value is -3.44. The van der Waals surface area contributed by atoms with Gasteiger partial charge in [0.25, 0.3) is 0 Å². The molecule has 0 radical (unpaired) electrons. The van der Waals surface area contributed by atoms with Crippen molar-refractivity contribution in [1.29, 1.82) is 0 Å². The van der Waals surface area contributed by atoms with Gasteiger partial charge in [-0.25, -0.2) is 4.98 Å². The number of rotatable bonds is 12. The van der Waals surface area contributed by atoms with E-state index in [4.69, 9.17) is 9.47 Å². The third-order valence-corrected chi connectivity index (χ3v) is 5.62. The van der Waals surface area contributed by atoms with E-state index in [9.17, 15) is 9.90 Å². The first kappa shape index (κ1) is 21.8. The fraction of sp³-hybridized carbons (Fsp3) is 0.333. The molecule has 0 spiro atoms. The Morgan fingerprint density at radius 1 is 1.34 bits per heavy atom. The molecule has 0 saturated heterocycles. The molecule has 1 unspecified atom stereocenters. The summed E-state index contributed by atoms with van der Waals surface area (Å²) in [4.78, 5) is 21.6. The van der Waals surface area contributed by atoms with Crippen molar-refractivity contribution < 1.29 is 19.4 Å². The molecule has 168 valence electrons. The smallest absolute Gasteiger partial charge is 0.323 e. The average Bonchev–Trinajstić information content (AvgIpc) is 3.57. The Morgan fingerprint density at radius 2 is 2.22 bits per heavy atom. The molecule has 32 heavy (non-hydrogen) atoms. The zero-order chi connectivity index (χ0) is 22.2. The van der Waals surface area contributed by atoms with Crippen LogP contribution in [0.1, 0.15) is 12.0 Å². The average molecular weight is 457 g/mol. The molecule has 1 atom stereocenters. The van der Waals surface area contributed by atoms with Crippen molar-refractivity contribution in [3.63, 3.8) is 0 Å². The Labute approximate surface area is 189 Å². The molecule has 1 aliphatic rings. The van der Waals surface area contributed by atoms with E-state index in [1.807, 2.05) is 18.2 Å². The van der Waals surface area contributed by atoms with Crippen LogP contribution in [0.3, 0.4) is 0 Å². The highest BCUT2D eigenvalue weighted by atomic mass is 32.1. The van der Waals surface area contributed by atoms with E-state index in [1.54, 1.807) is 34.5 Å². The van der Waals surface area contributed by atoms with Crippen LogP contribution in [0.2, 0.25) is 0 Å². The maximum absolute atomic E-state index is 11.4. The Morgan fingerprint density at radius 3 is 2.94 bits per heavy atom. The first-order valence-corrected chi connectivity index (χ1v) is 11.0. The van der Waals surface area contributed by atoms with Gasteiger partial charge in [-0.05, 0) is 24.9 Å². The lowest BCUT2D eigenvalue weighted by Crippen LogP contribution is -2.37. The Kier molecular flexibility index (Phi) is 7.31. The molecule has 11 heteroatoms. The van der Waals surface area contributed by atoms with Crippen LogP contribution in [0.5, 0.6) is 0 Å². The number of hydrogen-bond acceptors (Lipinski definition) is 9.